The first kappa shape index (κ1) is 29.7. The van der Waals surface area contributed by atoms with Crippen LogP contribution in [-0.2, 0) is 16.1 Å². The Morgan fingerprint density at radius 3 is 1.70 bits per heavy atom. The highest BCUT2D eigenvalue weighted by atomic mass is 16.3. The lowest BCUT2D eigenvalue weighted by atomic mass is 9.79. The zero-order chi connectivity index (χ0) is 36.9. The summed E-state index contributed by atoms with van der Waals surface area (Å²) in [6.07, 6.45) is 7.08. The number of rotatable bonds is 1. The Kier molecular flexibility index (Phi) is 5.34. The van der Waals surface area contributed by atoms with Crippen LogP contribution >= 0.6 is 0 Å². The Morgan fingerprint density at radius 2 is 1.07 bits per heavy atom. The summed E-state index contributed by atoms with van der Waals surface area (Å²) < 4.78 is 0. The van der Waals surface area contributed by atoms with Gasteiger partial charge in [0.25, 0.3) is 0 Å². The number of nitrogens with zero attached hydrogens (tertiary/aromatic N) is 5. The predicted molar refractivity (Wildman–Crippen MR) is 214 cm³/mol. The van der Waals surface area contributed by atoms with E-state index in [9.17, 15) is 9.90 Å². The van der Waals surface area contributed by atoms with Gasteiger partial charge in [-0.1, -0.05) is 72.8 Å². The van der Waals surface area contributed by atoms with E-state index >= 15 is 0 Å². The molecule has 0 fully saturated rings. The first-order chi connectivity index (χ1) is 27.6. The second-order valence-electron chi connectivity index (χ2n) is 14.7. The van der Waals surface area contributed by atoms with E-state index in [0.29, 0.717) is 16.1 Å². The number of carbonyl (C=O) groups excluding carboxylic acids is 1. The number of anilines is 3. The van der Waals surface area contributed by atoms with E-state index in [1.165, 1.54) is 0 Å². The van der Waals surface area contributed by atoms with E-state index < -0.39 is 11.3 Å². The SMILES string of the molecule is O=C1C(c2ccc3cccc4c3c2NC2(N4)c3cccnc3-c3ncccc32)=C(O)C1=c1ccc2cccc3c2c1=NC1(N3)c2cccnc2-c2ncccc21. The molecule has 262 valence electrons. The number of benzene rings is 4. The molecule has 0 radical (unpaired) electrons. The van der Waals surface area contributed by atoms with E-state index in [0.717, 1.165) is 83.6 Å². The molecule has 4 aromatic carbocycles. The van der Waals surface area contributed by atoms with Gasteiger partial charge in [-0.2, -0.15) is 0 Å². The van der Waals surface area contributed by atoms with Gasteiger partial charge in [0.2, 0.25) is 5.78 Å². The molecule has 10 nitrogen and oxygen atoms in total. The Labute approximate surface area is 317 Å². The van der Waals surface area contributed by atoms with Gasteiger partial charge < -0.3 is 21.1 Å². The molecule has 2 aliphatic heterocycles. The third-order valence-electron chi connectivity index (χ3n) is 12.0. The van der Waals surface area contributed by atoms with Crippen LogP contribution in [-0.4, -0.2) is 30.8 Å². The van der Waals surface area contributed by atoms with Crippen molar-refractivity contribution in [2.45, 2.75) is 11.3 Å². The zero-order valence-electron chi connectivity index (χ0n) is 29.3. The highest BCUT2D eigenvalue weighted by molar-refractivity contribution is 6.52. The number of pyridine rings is 4. The van der Waals surface area contributed by atoms with Gasteiger partial charge >= 0.3 is 0 Å². The fraction of sp³-hybridized carbons (Fsp3) is 0.0435. The summed E-state index contributed by atoms with van der Waals surface area (Å²) in [5.74, 6) is -0.327. The molecule has 2 spiro atoms. The lowest BCUT2D eigenvalue weighted by molar-refractivity contribution is -0.109. The Balaban J connectivity index is 1.06. The standard InChI is InChI=1S/C46H26N8O2/c55-43-35(25-17-15-23-7-1-13-31-33(23)37(25)53-45(51-31)27-9-3-19-47-39(27)40-28(45)10-4-20-48-40)44(56)36(43)26-18-16-24-8-2-14-32-34(24)38(26)54-46(52-32)29-11-5-21-49-41(29)42-30(46)12-6-22-50-42/h1-22,51-53,55H. The fourth-order valence-corrected chi connectivity index (χ4v) is 9.70. The second kappa shape index (κ2) is 10.1. The van der Waals surface area contributed by atoms with Gasteiger partial charge in [-0.3, -0.25) is 24.7 Å². The summed E-state index contributed by atoms with van der Waals surface area (Å²) >= 11 is 0. The fourth-order valence-electron chi connectivity index (χ4n) is 9.70. The molecule has 56 heavy (non-hydrogen) atoms. The summed E-state index contributed by atoms with van der Waals surface area (Å²) in [5.41, 5.74) is 8.32. The lowest BCUT2D eigenvalue weighted by Crippen LogP contribution is -2.45. The number of aromatic nitrogens is 4. The van der Waals surface area contributed by atoms with Gasteiger partial charge in [0.15, 0.2) is 11.3 Å². The van der Waals surface area contributed by atoms with Crippen LogP contribution in [0.1, 0.15) is 27.8 Å². The molecule has 10 heteroatoms. The Morgan fingerprint density at radius 1 is 0.518 bits per heavy atom. The van der Waals surface area contributed by atoms with Crippen molar-refractivity contribution in [1.82, 2.24) is 19.9 Å². The largest absolute Gasteiger partial charge is 0.506 e. The molecular weight excluding hydrogens is 697 g/mol. The van der Waals surface area contributed by atoms with E-state index in [1.54, 1.807) is 24.8 Å². The minimum Gasteiger partial charge on any atom is -0.506 e. The molecule has 3 aliphatic carbocycles. The molecule has 6 heterocycles. The maximum absolute atomic E-state index is 14.8. The van der Waals surface area contributed by atoms with Gasteiger partial charge in [-0.25, -0.2) is 4.99 Å². The number of carbonyl (C=O) groups is 1. The highest BCUT2D eigenvalue weighted by Gasteiger charge is 2.50. The summed E-state index contributed by atoms with van der Waals surface area (Å²) in [5, 5.41) is 28.6. The van der Waals surface area contributed by atoms with Crippen molar-refractivity contribution in [3.63, 3.8) is 0 Å². The molecule has 0 unspecified atom stereocenters. The van der Waals surface area contributed by atoms with Gasteiger partial charge in [0, 0.05) is 80.0 Å². The summed E-state index contributed by atoms with van der Waals surface area (Å²) in [4.78, 5) is 39.2. The van der Waals surface area contributed by atoms with Crippen LogP contribution in [0, 0.1) is 0 Å². The topological polar surface area (TPSA) is 137 Å². The smallest absolute Gasteiger partial charge is 0.201 e. The van der Waals surface area contributed by atoms with Crippen LogP contribution in [0.2, 0.25) is 0 Å². The normalized spacial score (nSPS) is 17.7. The first-order valence-electron chi connectivity index (χ1n) is 18.4. The van der Waals surface area contributed by atoms with Crippen LogP contribution < -0.4 is 26.5 Å². The molecule has 0 saturated carbocycles. The molecule has 0 atom stereocenters. The number of hydrogen-bond donors (Lipinski definition) is 4. The number of hydrogen-bond acceptors (Lipinski definition) is 10. The maximum atomic E-state index is 14.8. The summed E-state index contributed by atoms with van der Waals surface area (Å²) in [7, 11) is 0. The molecule has 4 aromatic heterocycles. The van der Waals surface area contributed by atoms with Crippen LogP contribution in [0.3, 0.4) is 0 Å². The number of Topliss-reactive ketones (excluding diaryl/α,β-unsaturated/α-hetero) is 1. The number of allylic oxidation sites excluding steroid dienone is 2. The van der Waals surface area contributed by atoms with Gasteiger partial charge in [-0.05, 0) is 47.2 Å². The van der Waals surface area contributed by atoms with Crippen molar-refractivity contribution < 1.29 is 9.90 Å². The van der Waals surface area contributed by atoms with Crippen molar-refractivity contribution in [1.29, 1.82) is 0 Å². The molecule has 0 bridgehead atoms. The number of aliphatic hydroxyl groups excluding tert-OH is 1. The maximum Gasteiger partial charge on any atom is 0.201 e. The third kappa shape index (κ3) is 3.43. The van der Waals surface area contributed by atoms with E-state index in [-0.39, 0.29) is 22.7 Å². The lowest BCUT2D eigenvalue weighted by Gasteiger charge is -2.41. The van der Waals surface area contributed by atoms with Crippen molar-refractivity contribution in [3.05, 3.63) is 178 Å². The first-order valence-corrected chi connectivity index (χ1v) is 18.4. The van der Waals surface area contributed by atoms with Crippen LogP contribution in [0.15, 0.2) is 145 Å². The summed E-state index contributed by atoms with van der Waals surface area (Å²) in [6.45, 7) is 0. The van der Waals surface area contributed by atoms with Crippen molar-refractivity contribution in [3.8, 4) is 22.8 Å². The molecule has 0 amide bonds. The van der Waals surface area contributed by atoms with Crippen LogP contribution in [0.4, 0.5) is 17.1 Å². The van der Waals surface area contributed by atoms with Crippen molar-refractivity contribution in [2.75, 3.05) is 16.0 Å². The monoisotopic (exact) mass is 722 g/mol. The van der Waals surface area contributed by atoms with Gasteiger partial charge in [0.05, 0.1) is 45.0 Å². The zero-order valence-corrected chi connectivity index (χ0v) is 29.3. The predicted octanol–water partition coefficient (Wildman–Crippen LogP) is 6.92. The average molecular weight is 723 g/mol. The summed E-state index contributed by atoms with van der Waals surface area (Å²) in [6, 6.07) is 35.8. The molecular formula is C46H26N8O2. The molecule has 4 N–H and O–H groups in total. The van der Waals surface area contributed by atoms with E-state index in [4.69, 9.17) is 24.9 Å². The minimum atomic E-state index is -1.04. The number of nitrogens with one attached hydrogen (secondary N) is 3. The molecule has 13 rings (SSSR count). The minimum absolute atomic E-state index is 0.0700. The van der Waals surface area contributed by atoms with Crippen LogP contribution in [0.25, 0.3) is 55.5 Å². The Hall–Kier alpha value is -7.72. The molecule has 0 saturated heterocycles. The average Bonchev–Trinajstić information content (AvgIpc) is 3.66. The molecule has 5 aliphatic rings. The van der Waals surface area contributed by atoms with Gasteiger partial charge in [-0.15, -0.1) is 0 Å². The quantitative estimate of drug-likeness (QED) is 0.142. The van der Waals surface area contributed by atoms with E-state index in [2.05, 4.69) is 22.0 Å². The highest BCUT2D eigenvalue weighted by Crippen LogP contribution is 2.54. The Bertz CT molecular complexity index is 3260. The number of aliphatic hydroxyl groups is 1. The second-order valence-corrected chi connectivity index (χ2v) is 14.7. The van der Waals surface area contributed by atoms with Gasteiger partial charge in [0.1, 0.15) is 5.76 Å². The number of fused-ring (bicyclic) bond motifs is 10. The molecule has 8 aromatic rings. The number of ketones is 1. The van der Waals surface area contributed by atoms with Crippen LogP contribution in [0.5, 0.6) is 0 Å². The van der Waals surface area contributed by atoms with Crippen molar-refractivity contribution >= 4 is 55.5 Å². The van der Waals surface area contributed by atoms with Crippen molar-refractivity contribution in [2.24, 2.45) is 4.99 Å². The third-order valence-corrected chi connectivity index (χ3v) is 12.0. The van der Waals surface area contributed by atoms with E-state index in [1.807, 2.05) is 103 Å².